The van der Waals surface area contributed by atoms with Crippen LogP contribution in [0.3, 0.4) is 0 Å². The number of aromatic amines is 1. The second kappa shape index (κ2) is 3.84. The van der Waals surface area contributed by atoms with Crippen molar-refractivity contribution in [2.24, 2.45) is 0 Å². The summed E-state index contributed by atoms with van der Waals surface area (Å²) in [6.45, 7) is 0. The number of H-pyrrole nitrogens is 1. The molecular formula is C15H12N3O2+. The van der Waals surface area contributed by atoms with E-state index in [1.807, 2.05) is 54.2 Å². The quantitative estimate of drug-likeness (QED) is 0.625. The van der Waals surface area contributed by atoms with Crippen molar-refractivity contribution in [3.05, 3.63) is 58.9 Å². The zero-order valence-electron chi connectivity index (χ0n) is 10.8. The van der Waals surface area contributed by atoms with Crippen LogP contribution in [0.5, 0.6) is 5.75 Å². The summed E-state index contributed by atoms with van der Waals surface area (Å²) in [4.78, 5) is 21.0. The average molecular weight is 266 g/mol. The first-order valence-electron chi connectivity index (χ1n) is 6.34. The average Bonchev–Trinajstić information content (AvgIpc) is 2.47. The molecular weight excluding hydrogens is 254 g/mol. The first kappa shape index (κ1) is 11.0. The lowest BCUT2D eigenvalue weighted by Crippen LogP contribution is -2.62. The zero-order valence-corrected chi connectivity index (χ0v) is 10.8. The molecule has 20 heavy (non-hydrogen) atoms. The lowest BCUT2D eigenvalue weighted by molar-refractivity contribution is -0.691. The normalized spacial score (nSPS) is 12.8. The number of nitrogens with one attached hydrogen (secondary N) is 1. The van der Waals surface area contributed by atoms with Crippen molar-refractivity contribution in [1.82, 2.24) is 4.98 Å². The van der Waals surface area contributed by atoms with Crippen molar-refractivity contribution in [3.63, 3.8) is 0 Å². The van der Waals surface area contributed by atoms with E-state index in [1.165, 1.54) is 0 Å². The molecule has 5 heteroatoms. The minimum Gasteiger partial charge on any atom is -0.347 e. The topological polar surface area (TPSA) is 49.2 Å². The van der Waals surface area contributed by atoms with Gasteiger partial charge in [-0.2, -0.15) is 0 Å². The van der Waals surface area contributed by atoms with Gasteiger partial charge < -0.3 is 4.84 Å². The first-order chi connectivity index (χ1) is 9.75. The molecule has 1 N–H and O–H groups in total. The largest absolute Gasteiger partial charge is 0.347 e. The van der Waals surface area contributed by atoms with Crippen LogP contribution in [0.4, 0.5) is 0 Å². The molecule has 3 aromatic rings. The Morgan fingerprint density at radius 1 is 1.10 bits per heavy atom. The highest BCUT2D eigenvalue weighted by atomic mass is 16.7. The molecule has 0 amide bonds. The van der Waals surface area contributed by atoms with E-state index in [0.717, 1.165) is 22.7 Å². The van der Waals surface area contributed by atoms with Crippen LogP contribution in [0.2, 0.25) is 0 Å². The molecule has 1 aromatic heterocycles. The van der Waals surface area contributed by atoms with Crippen molar-refractivity contribution >= 4 is 10.9 Å². The fourth-order valence-corrected chi connectivity index (χ4v) is 2.60. The third-order valence-corrected chi connectivity index (χ3v) is 3.47. The molecule has 5 nitrogen and oxygen atoms in total. The number of rotatable bonds is 0. The van der Waals surface area contributed by atoms with E-state index in [9.17, 15) is 4.79 Å². The van der Waals surface area contributed by atoms with Gasteiger partial charge in [0.1, 0.15) is 10.9 Å². The Bertz CT molecular complexity index is 886. The number of para-hydroxylation sites is 2. The molecule has 0 bridgehead atoms. The molecule has 0 atom stereocenters. The van der Waals surface area contributed by atoms with Crippen LogP contribution in [-0.4, -0.2) is 12.0 Å². The van der Waals surface area contributed by atoms with Gasteiger partial charge in [-0.25, -0.2) is 9.78 Å². The van der Waals surface area contributed by atoms with E-state index in [0.29, 0.717) is 5.39 Å². The molecule has 0 radical (unpaired) electrons. The summed E-state index contributed by atoms with van der Waals surface area (Å²) in [6.07, 6.45) is 0. The summed E-state index contributed by atoms with van der Waals surface area (Å²) >= 11 is 0. The van der Waals surface area contributed by atoms with Gasteiger partial charge in [-0.3, -0.25) is 0 Å². The van der Waals surface area contributed by atoms with Crippen molar-refractivity contribution in [3.8, 4) is 17.1 Å². The van der Waals surface area contributed by atoms with Crippen LogP contribution >= 0.6 is 0 Å². The van der Waals surface area contributed by atoms with E-state index in [1.54, 1.807) is 11.2 Å². The van der Waals surface area contributed by atoms with Crippen LogP contribution in [0.1, 0.15) is 0 Å². The molecule has 0 fully saturated rings. The Kier molecular flexibility index (Phi) is 2.12. The predicted molar refractivity (Wildman–Crippen MR) is 75.0 cm³/mol. The lowest BCUT2D eigenvalue weighted by Gasteiger charge is -2.24. The molecule has 0 spiro atoms. The molecule has 0 saturated carbocycles. The second-order valence-electron chi connectivity index (χ2n) is 4.68. The van der Waals surface area contributed by atoms with E-state index >= 15 is 0 Å². The van der Waals surface area contributed by atoms with Gasteiger partial charge in [-0.15, -0.1) is 0 Å². The number of hydroxylamine groups is 1. The van der Waals surface area contributed by atoms with Gasteiger partial charge in [-0.05, 0) is 24.3 Å². The Labute approximate surface area is 114 Å². The van der Waals surface area contributed by atoms with E-state index in [4.69, 9.17) is 4.84 Å². The van der Waals surface area contributed by atoms with Crippen molar-refractivity contribution in [1.29, 1.82) is 0 Å². The number of benzene rings is 2. The van der Waals surface area contributed by atoms with Gasteiger partial charge in [0.15, 0.2) is 11.3 Å². The SMILES string of the molecule is CN1Oc2ccccc2-c2[nH]c(=O)c3ccccc3[n+]21. The highest BCUT2D eigenvalue weighted by Crippen LogP contribution is 2.29. The molecule has 1 aliphatic rings. The number of nitrogens with zero attached hydrogens (tertiary/aromatic N) is 2. The third kappa shape index (κ3) is 1.37. The molecule has 98 valence electrons. The molecule has 2 aromatic carbocycles. The summed E-state index contributed by atoms with van der Waals surface area (Å²) in [5, 5.41) is 2.25. The number of hydrogen-bond acceptors (Lipinski definition) is 3. The summed E-state index contributed by atoms with van der Waals surface area (Å²) in [6, 6.07) is 15.1. The van der Waals surface area contributed by atoms with E-state index < -0.39 is 0 Å². The van der Waals surface area contributed by atoms with Crippen LogP contribution < -0.4 is 20.2 Å². The minimum absolute atomic E-state index is 0.100. The first-order valence-corrected chi connectivity index (χ1v) is 6.34. The van der Waals surface area contributed by atoms with Crippen molar-refractivity contribution in [2.45, 2.75) is 0 Å². The van der Waals surface area contributed by atoms with Gasteiger partial charge in [-0.1, -0.05) is 34.1 Å². The maximum Gasteiger partial charge on any atom is 0.343 e. The Morgan fingerprint density at radius 3 is 2.75 bits per heavy atom. The fourth-order valence-electron chi connectivity index (χ4n) is 2.60. The maximum atomic E-state index is 12.2. The number of aromatic nitrogens is 2. The minimum atomic E-state index is -0.100. The van der Waals surface area contributed by atoms with Crippen LogP contribution in [-0.2, 0) is 0 Å². The highest BCUT2D eigenvalue weighted by molar-refractivity contribution is 5.76. The molecule has 0 saturated heterocycles. The highest BCUT2D eigenvalue weighted by Gasteiger charge is 2.30. The van der Waals surface area contributed by atoms with Crippen LogP contribution in [0, 0.1) is 0 Å². The smallest absolute Gasteiger partial charge is 0.343 e. The summed E-state index contributed by atoms with van der Waals surface area (Å²) in [7, 11) is 1.81. The van der Waals surface area contributed by atoms with Gasteiger partial charge >= 0.3 is 11.4 Å². The zero-order chi connectivity index (χ0) is 13.7. The predicted octanol–water partition coefficient (Wildman–Crippen LogP) is 1.36. The van der Waals surface area contributed by atoms with Gasteiger partial charge in [0, 0.05) is 0 Å². The van der Waals surface area contributed by atoms with Crippen LogP contribution in [0.15, 0.2) is 53.3 Å². The number of hydrogen-bond donors (Lipinski definition) is 1. The lowest BCUT2D eigenvalue weighted by atomic mass is 10.1. The Hall–Kier alpha value is -2.82. The van der Waals surface area contributed by atoms with Gasteiger partial charge in [0.25, 0.3) is 0 Å². The van der Waals surface area contributed by atoms with Gasteiger partial charge in [0.2, 0.25) is 0 Å². The summed E-state index contributed by atoms with van der Waals surface area (Å²) in [5.74, 6) is 1.44. The van der Waals surface area contributed by atoms with Crippen molar-refractivity contribution < 1.29 is 9.51 Å². The van der Waals surface area contributed by atoms with E-state index in [2.05, 4.69) is 4.98 Å². The molecule has 4 rings (SSSR count). The van der Waals surface area contributed by atoms with Gasteiger partial charge in [0.05, 0.1) is 7.05 Å². The second-order valence-corrected chi connectivity index (χ2v) is 4.68. The molecule has 1 aliphatic heterocycles. The Morgan fingerprint density at radius 2 is 1.85 bits per heavy atom. The number of fused-ring (bicyclic) bond motifs is 5. The van der Waals surface area contributed by atoms with Crippen LogP contribution in [0.25, 0.3) is 22.3 Å². The van der Waals surface area contributed by atoms with Crippen molar-refractivity contribution in [2.75, 3.05) is 12.2 Å². The Balaban J connectivity index is 2.19. The summed E-state index contributed by atoms with van der Waals surface area (Å²) < 4.78 is 1.86. The molecule has 2 heterocycles. The third-order valence-electron chi connectivity index (χ3n) is 3.47. The standard InChI is InChI=1S/C15H11N3O2/c1-17-18-12-8-4-2-6-10(12)15(19)16-14(18)11-7-3-5-9-13(11)20-17/h2-9H,1H3/p+1. The maximum absolute atomic E-state index is 12.2. The molecule has 0 aliphatic carbocycles. The fraction of sp³-hybridized carbons (Fsp3) is 0.0667. The van der Waals surface area contributed by atoms with E-state index in [-0.39, 0.29) is 5.56 Å². The summed E-state index contributed by atoms with van der Waals surface area (Å²) in [5.41, 5.74) is 1.58. The molecule has 0 unspecified atom stereocenters. The monoisotopic (exact) mass is 266 g/mol.